The Labute approximate surface area is 137 Å². The zero-order valence-corrected chi connectivity index (χ0v) is 13.6. The van der Waals surface area contributed by atoms with Crippen LogP contribution in [0.15, 0.2) is 24.3 Å². The van der Waals surface area contributed by atoms with E-state index in [0.29, 0.717) is 12.3 Å². The van der Waals surface area contributed by atoms with Gasteiger partial charge in [0.15, 0.2) is 0 Å². The van der Waals surface area contributed by atoms with Crippen LogP contribution in [0.2, 0.25) is 0 Å². The number of rotatable bonds is 5. The SMILES string of the molecule is CC(CN)C(=O)Nc1ccc(OC2CCCCC2O)cc1.Cl. The predicted octanol–water partition coefficient (Wildman–Crippen LogP) is 2.32. The second-order valence-electron chi connectivity index (χ2n) is 5.66. The van der Waals surface area contributed by atoms with Gasteiger partial charge in [-0.2, -0.15) is 0 Å². The molecular formula is C16H25ClN2O3. The van der Waals surface area contributed by atoms with Gasteiger partial charge in [0.1, 0.15) is 11.9 Å². The van der Waals surface area contributed by atoms with Crippen molar-refractivity contribution in [1.82, 2.24) is 0 Å². The molecule has 0 bridgehead atoms. The summed E-state index contributed by atoms with van der Waals surface area (Å²) in [5.41, 5.74) is 6.18. The van der Waals surface area contributed by atoms with E-state index in [2.05, 4.69) is 5.32 Å². The largest absolute Gasteiger partial charge is 0.488 e. The first-order chi connectivity index (χ1) is 10.1. The maximum atomic E-state index is 11.7. The van der Waals surface area contributed by atoms with Gasteiger partial charge in [0.05, 0.1) is 6.10 Å². The van der Waals surface area contributed by atoms with Crippen LogP contribution in [0, 0.1) is 5.92 Å². The second kappa shape index (κ2) is 8.98. The van der Waals surface area contributed by atoms with Gasteiger partial charge in [-0.3, -0.25) is 4.79 Å². The van der Waals surface area contributed by atoms with Crippen LogP contribution in [-0.2, 0) is 4.79 Å². The Morgan fingerprint density at radius 1 is 1.36 bits per heavy atom. The van der Waals surface area contributed by atoms with Crippen LogP contribution in [-0.4, -0.2) is 29.8 Å². The van der Waals surface area contributed by atoms with Crippen molar-refractivity contribution in [2.45, 2.75) is 44.8 Å². The topological polar surface area (TPSA) is 84.6 Å². The Hall–Kier alpha value is -1.30. The van der Waals surface area contributed by atoms with Crippen molar-refractivity contribution in [2.24, 2.45) is 11.7 Å². The highest BCUT2D eigenvalue weighted by Crippen LogP contribution is 2.25. The van der Waals surface area contributed by atoms with E-state index in [1.165, 1.54) is 0 Å². The molecule has 1 aromatic rings. The molecule has 1 amide bonds. The van der Waals surface area contributed by atoms with E-state index in [0.717, 1.165) is 31.4 Å². The minimum atomic E-state index is -0.386. The van der Waals surface area contributed by atoms with Crippen molar-refractivity contribution < 1.29 is 14.6 Å². The number of ether oxygens (including phenoxy) is 1. The van der Waals surface area contributed by atoms with Gasteiger partial charge in [-0.1, -0.05) is 13.3 Å². The molecule has 1 saturated carbocycles. The molecule has 22 heavy (non-hydrogen) atoms. The number of aliphatic hydroxyl groups is 1. The quantitative estimate of drug-likeness (QED) is 0.774. The molecule has 1 aliphatic rings. The number of aliphatic hydroxyl groups excluding tert-OH is 1. The van der Waals surface area contributed by atoms with E-state index in [1.807, 2.05) is 12.1 Å². The summed E-state index contributed by atoms with van der Waals surface area (Å²) in [6.45, 7) is 2.11. The Morgan fingerprint density at radius 2 is 2.00 bits per heavy atom. The molecule has 0 radical (unpaired) electrons. The predicted molar refractivity (Wildman–Crippen MR) is 89.4 cm³/mol. The zero-order valence-electron chi connectivity index (χ0n) is 12.8. The first kappa shape index (κ1) is 18.7. The van der Waals surface area contributed by atoms with Crippen LogP contribution in [0.25, 0.3) is 0 Å². The number of nitrogens with two attached hydrogens (primary N) is 1. The molecule has 0 aliphatic heterocycles. The molecule has 0 aromatic heterocycles. The number of carbonyl (C=O) groups excluding carboxylic acids is 1. The maximum Gasteiger partial charge on any atom is 0.228 e. The molecule has 124 valence electrons. The molecule has 1 aliphatic carbocycles. The molecule has 0 spiro atoms. The normalized spacial score (nSPS) is 22.3. The smallest absolute Gasteiger partial charge is 0.228 e. The molecule has 4 N–H and O–H groups in total. The number of carbonyl (C=O) groups is 1. The summed E-state index contributed by atoms with van der Waals surface area (Å²) in [5.74, 6) is 0.415. The highest BCUT2D eigenvalue weighted by molar-refractivity contribution is 5.92. The van der Waals surface area contributed by atoms with E-state index >= 15 is 0 Å². The summed E-state index contributed by atoms with van der Waals surface area (Å²) in [6.07, 6.45) is 3.32. The third-order valence-corrected chi connectivity index (χ3v) is 3.88. The lowest BCUT2D eigenvalue weighted by atomic mass is 9.95. The van der Waals surface area contributed by atoms with E-state index < -0.39 is 0 Å². The lowest BCUT2D eigenvalue weighted by Gasteiger charge is -2.28. The summed E-state index contributed by atoms with van der Waals surface area (Å²) < 4.78 is 5.81. The minimum absolute atomic E-state index is 0. The molecule has 1 aromatic carbocycles. The molecule has 2 rings (SSSR count). The first-order valence-corrected chi connectivity index (χ1v) is 7.56. The van der Waals surface area contributed by atoms with E-state index in [4.69, 9.17) is 10.5 Å². The average Bonchev–Trinajstić information content (AvgIpc) is 2.50. The summed E-state index contributed by atoms with van der Waals surface area (Å²) in [5, 5.41) is 12.7. The summed E-state index contributed by atoms with van der Waals surface area (Å²) in [6, 6.07) is 7.21. The van der Waals surface area contributed by atoms with Gasteiger partial charge in [-0.15, -0.1) is 12.4 Å². The third kappa shape index (κ3) is 5.16. The van der Waals surface area contributed by atoms with Crippen molar-refractivity contribution in [3.8, 4) is 5.75 Å². The van der Waals surface area contributed by atoms with Gasteiger partial charge in [-0.05, 0) is 43.5 Å². The van der Waals surface area contributed by atoms with Crippen molar-refractivity contribution in [3.63, 3.8) is 0 Å². The molecule has 6 heteroatoms. The fourth-order valence-corrected chi connectivity index (χ4v) is 2.38. The fraction of sp³-hybridized carbons (Fsp3) is 0.562. The van der Waals surface area contributed by atoms with Crippen LogP contribution < -0.4 is 15.8 Å². The second-order valence-corrected chi connectivity index (χ2v) is 5.66. The highest BCUT2D eigenvalue weighted by Gasteiger charge is 2.24. The van der Waals surface area contributed by atoms with Crippen molar-refractivity contribution in [2.75, 3.05) is 11.9 Å². The monoisotopic (exact) mass is 328 g/mol. The minimum Gasteiger partial charge on any atom is -0.488 e. The molecular weight excluding hydrogens is 304 g/mol. The molecule has 5 nitrogen and oxygen atoms in total. The molecule has 1 fully saturated rings. The number of benzene rings is 1. The lowest BCUT2D eigenvalue weighted by molar-refractivity contribution is -0.119. The maximum absolute atomic E-state index is 11.7. The molecule has 3 atom stereocenters. The Balaban J connectivity index is 0.00000242. The Kier molecular flexibility index (Phi) is 7.65. The Morgan fingerprint density at radius 3 is 2.59 bits per heavy atom. The van der Waals surface area contributed by atoms with Gasteiger partial charge >= 0.3 is 0 Å². The average molecular weight is 329 g/mol. The van der Waals surface area contributed by atoms with Crippen LogP contribution in [0.4, 0.5) is 5.69 Å². The fourth-order valence-electron chi connectivity index (χ4n) is 2.38. The van der Waals surface area contributed by atoms with E-state index in [9.17, 15) is 9.90 Å². The van der Waals surface area contributed by atoms with Gasteiger partial charge in [0.2, 0.25) is 5.91 Å². The van der Waals surface area contributed by atoms with Crippen molar-refractivity contribution in [1.29, 1.82) is 0 Å². The third-order valence-electron chi connectivity index (χ3n) is 3.88. The van der Waals surface area contributed by atoms with E-state index in [-0.39, 0.29) is 36.4 Å². The molecule has 0 saturated heterocycles. The van der Waals surface area contributed by atoms with Gasteiger partial charge < -0.3 is 20.9 Å². The van der Waals surface area contributed by atoms with E-state index in [1.54, 1.807) is 19.1 Å². The standard InChI is InChI=1S/C16H24N2O3.ClH/c1-11(10-17)16(20)18-12-6-8-13(9-7-12)21-15-5-3-2-4-14(15)19;/h6-9,11,14-15,19H,2-5,10,17H2,1H3,(H,18,20);1H. The van der Waals surface area contributed by atoms with Crippen LogP contribution in [0.5, 0.6) is 5.75 Å². The number of anilines is 1. The number of hydrogen-bond donors (Lipinski definition) is 3. The van der Waals surface area contributed by atoms with Crippen LogP contribution >= 0.6 is 12.4 Å². The van der Waals surface area contributed by atoms with Crippen molar-refractivity contribution >= 4 is 24.0 Å². The first-order valence-electron chi connectivity index (χ1n) is 7.56. The number of nitrogens with one attached hydrogen (secondary N) is 1. The zero-order chi connectivity index (χ0) is 15.2. The molecule has 0 heterocycles. The summed E-state index contributed by atoms with van der Waals surface area (Å²) in [7, 11) is 0. The number of amides is 1. The van der Waals surface area contributed by atoms with Gasteiger partial charge in [-0.25, -0.2) is 0 Å². The van der Waals surface area contributed by atoms with Gasteiger partial charge in [0, 0.05) is 18.2 Å². The van der Waals surface area contributed by atoms with Crippen molar-refractivity contribution in [3.05, 3.63) is 24.3 Å². The highest BCUT2D eigenvalue weighted by atomic mass is 35.5. The van der Waals surface area contributed by atoms with Crippen LogP contribution in [0.1, 0.15) is 32.6 Å². The molecule has 3 unspecified atom stereocenters. The van der Waals surface area contributed by atoms with Crippen LogP contribution in [0.3, 0.4) is 0 Å². The lowest BCUT2D eigenvalue weighted by Crippen LogP contribution is -2.34. The number of hydrogen-bond acceptors (Lipinski definition) is 4. The summed E-state index contributed by atoms with van der Waals surface area (Å²) >= 11 is 0. The summed E-state index contributed by atoms with van der Waals surface area (Å²) in [4.78, 5) is 11.7. The number of halogens is 1. The van der Waals surface area contributed by atoms with Gasteiger partial charge in [0.25, 0.3) is 0 Å². The Bertz CT molecular complexity index is 467.